The highest BCUT2D eigenvalue weighted by Crippen LogP contribution is 2.14. The van der Waals surface area contributed by atoms with Crippen LogP contribution in [0.2, 0.25) is 0 Å². The molecule has 110 valence electrons. The second-order valence-electron chi connectivity index (χ2n) is 4.47. The average molecular weight is 290 g/mol. The summed E-state index contributed by atoms with van der Waals surface area (Å²) in [6.45, 7) is -0.368. The van der Waals surface area contributed by atoms with Crippen LogP contribution in [0.25, 0.3) is 10.9 Å². The number of fused-ring (bicyclic) bond motifs is 1. The van der Waals surface area contributed by atoms with Crippen LogP contribution in [0.5, 0.6) is 0 Å². The molecule has 0 saturated heterocycles. The van der Waals surface area contributed by atoms with Gasteiger partial charge in [-0.25, -0.2) is 4.79 Å². The van der Waals surface area contributed by atoms with Gasteiger partial charge in [0.1, 0.15) is 6.04 Å². The Kier molecular flexibility index (Phi) is 4.34. The Morgan fingerprint density at radius 3 is 2.67 bits per heavy atom. The molecule has 0 unspecified atom stereocenters. The standard InChI is InChI=1S/C14H14N2O5/c17-6-5-11(14(20)21)16-13(19)9-7-12(18)15-10-4-2-1-3-8(9)10/h1-4,7,11,17H,5-6H2,(H,15,18)(H,16,19)(H,20,21)/t11-/m1/s1. The van der Waals surface area contributed by atoms with E-state index in [0.717, 1.165) is 6.07 Å². The molecular weight excluding hydrogens is 276 g/mol. The lowest BCUT2D eigenvalue weighted by Gasteiger charge is -2.14. The number of para-hydroxylation sites is 1. The van der Waals surface area contributed by atoms with E-state index < -0.39 is 23.5 Å². The van der Waals surface area contributed by atoms with Crippen LogP contribution in [0.15, 0.2) is 35.1 Å². The summed E-state index contributed by atoms with van der Waals surface area (Å²) in [6.07, 6.45) is -0.109. The zero-order valence-electron chi connectivity index (χ0n) is 11.0. The topological polar surface area (TPSA) is 119 Å². The number of benzene rings is 1. The zero-order valence-corrected chi connectivity index (χ0v) is 11.0. The summed E-state index contributed by atoms with van der Waals surface area (Å²) in [6, 6.07) is 6.64. The summed E-state index contributed by atoms with van der Waals surface area (Å²) in [5.41, 5.74) is 0.135. The molecule has 1 amide bonds. The summed E-state index contributed by atoms with van der Waals surface area (Å²) in [4.78, 5) is 37.3. The number of hydrogen-bond donors (Lipinski definition) is 4. The van der Waals surface area contributed by atoms with E-state index in [1.165, 1.54) is 0 Å². The molecule has 0 radical (unpaired) electrons. The van der Waals surface area contributed by atoms with E-state index in [0.29, 0.717) is 10.9 Å². The van der Waals surface area contributed by atoms with Gasteiger partial charge in [-0.3, -0.25) is 9.59 Å². The molecule has 7 heteroatoms. The van der Waals surface area contributed by atoms with Gasteiger partial charge in [-0.1, -0.05) is 18.2 Å². The fraction of sp³-hybridized carbons (Fsp3) is 0.214. The first kappa shape index (κ1) is 14.7. The fourth-order valence-corrected chi connectivity index (χ4v) is 2.01. The number of carboxylic acids is 1. The van der Waals surface area contributed by atoms with Crippen LogP contribution in [0, 0.1) is 0 Å². The van der Waals surface area contributed by atoms with Crippen molar-refractivity contribution in [2.24, 2.45) is 0 Å². The molecule has 1 aromatic carbocycles. The summed E-state index contributed by atoms with van der Waals surface area (Å²) in [5.74, 6) is -1.91. The van der Waals surface area contributed by atoms with E-state index in [-0.39, 0.29) is 18.6 Å². The van der Waals surface area contributed by atoms with Crippen LogP contribution in [-0.4, -0.2) is 39.7 Å². The Morgan fingerprint density at radius 2 is 2.00 bits per heavy atom. The van der Waals surface area contributed by atoms with Gasteiger partial charge in [-0.05, 0) is 6.07 Å². The molecule has 0 saturated carbocycles. The molecular formula is C14H14N2O5. The molecule has 2 aromatic rings. The summed E-state index contributed by atoms with van der Waals surface area (Å²) in [5, 5.41) is 20.6. The van der Waals surface area contributed by atoms with Gasteiger partial charge in [0.25, 0.3) is 5.91 Å². The molecule has 7 nitrogen and oxygen atoms in total. The third kappa shape index (κ3) is 3.26. The second-order valence-corrected chi connectivity index (χ2v) is 4.47. The maximum absolute atomic E-state index is 12.2. The van der Waals surface area contributed by atoms with Crippen molar-refractivity contribution in [2.45, 2.75) is 12.5 Å². The lowest BCUT2D eigenvalue weighted by atomic mass is 10.1. The van der Waals surface area contributed by atoms with Crippen LogP contribution in [0.1, 0.15) is 16.8 Å². The molecule has 0 bridgehead atoms. The lowest BCUT2D eigenvalue weighted by Crippen LogP contribution is -2.41. The number of H-pyrrole nitrogens is 1. The van der Waals surface area contributed by atoms with Gasteiger partial charge >= 0.3 is 5.97 Å². The Labute approximate surface area is 119 Å². The SMILES string of the molecule is O=C(N[C@H](CCO)C(=O)O)c1cc(=O)[nH]c2ccccc12. The molecule has 0 aliphatic carbocycles. The minimum atomic E-state index is -1.24. The number of carbonyl (C=O) groups is 2. The van der Waals surface area contributed by atoms with Crippen LogP contribution in [0.4, 0.5) is 0 Å². The minimum Gasteiger partial charge on any atom is -0.480 e. The summed E-state index contributed by atoms with van der Waals surface area (Å²) >= 11 is 0. The predicted molar refractivity (Wildman–Crippen MR) is 75.2 cm³/mol. The highest BCUT2D eigenvalue weighted by atomic mass is 16.4. The smallest absolute Gasteiger partial charge is 0.326 e. The number of rotatable bonds is 5. The number of aliphatic carboxylic acids is 1. The highest BCUT2D eigenvalue weighted by Gasteiger charge is 2.21. The van der Waals surface area contributed by atoms with Gasteiger partial charge in [-0.15, -0.1) is 0 Å². The van der Waals surface area contributed by atoms with Crippen molar-refractivity contribution in [3.05, 3.63) is 46.2 Å². The highest BCUT2D eigenvalue weighted by molar-refractivity contribution is 6.06. The number of hydrogen-bond acceptors (Lipinski definition) is 4. The van der Waals surface area contributed by atoms with Crippen LogP contribution in [-0.2, 0) is 4.79 Å². The molecule has 1 atom stereocenters. The monoisotopic (exact) mass is 290 g/mol. The van der Waals surface area contributed by atoms with Gasteiger partial charge < -0.3 is 20.5 Å². The molecule has 0 spiro atoms. The van der Waals surface area contributed by atoms with Gasteiger partial charge in [0.15, 0.2) is 0 Å². The molecule has 2 rings (SSSR count). The third-order valence-corrected chi connectivity index (χ3v) is 3.02. The summed E-state index contributed by atoms with van der Waals surface area (Å²) in [7, 11) is 0. The Hall–Kier alpha value is -2.67. The van der Waals surface area contributed by atoms with Gasteiger partial charge in [0, 0.05) is 30.0 Å². The van der Waals surface area contributed by atoms with Gasteiger partial charge in [0.05, 0.1) is 5.56 Å². The molecule has 1 heterocycles. The molecule has 0 aliphatic rings. The number of nitrogens with one attached hydrogen (secondary N) is 2. The number of aliphatic hydroxyl groups is 1. The molecule has 0 aliphatic heterocycles. The Balaban J connectivity index is 2.39. The Bertz CT molecular complexity index is 737. The van der Waals surface area contributed by atoms with Crippen molar-refractivity contribution in [2.75, 3.05) is 6.61 Å². The van der Waals surface area contributed by atoms with Crippen molar-refractivity contribution in [3.8, 4) is 0 Å². The van der Waals surface area contributed by atoms with Gasteiger partial charge in [-0.2, -0.15) is 0 Å². The van der Waals surface area contributed by atoms with Crippen LogP contribution >= 0.6 is 0 Å². The second kappa shape index (κ2) is 6.19. The molecule has 4 N–H and O–H groups in total. The number of amides is 1. The first-order chi connectivity index (χ1) is 10.0. The first-order valence-corrected chi connectivity index (χ1v) is 6.29. The van der Waals surface area contributed by atoms with E-state index in [1.807, 2.05) is 0 Å². The lowest BCUT2D eigenvalue weighted by molar-refractivity contribution is -0.139. The number of carboxylic acid groups (broad SMARTS) is 1. The van der Waals surface area contributed by atoms with Crippen LogP contribution < -0.4 is 10.9 Å². The van der Waals surface area contributed by atoms with Crippen molar-refractivity contribution < 1.29 is 19.8 Å². The maximum atomic E-state index is 12.2. The molecule has 0 fully saturated rings. The fourth-order valence-electron chi connectivity index (χ4n) is 2.01. The molecule has 1 aromatic heterocycles. The van der Waals surface area contributed by atoms with Crippen molar-refractivity contribution in [1.82, 2.24) is 10.3 Å². The first-order valence-electron chi connectivity index (χ1n) is 6.29. The van der Waals surface area contributed by atoms with Gasteiger partial charge in [0.2, 0.25) is 5.56 Å². The van der Waals surface area contributed by atoms with Crippen molar-refractivity contribution in [3.63, 3.8) is 0 Å². The van der Waals surface area contributed by atoms with E-state index in [9.17, 15) is 14.4 Å². The number of aromatic amines is 1. The van der Waals surface area contributed by atoms with E-state index >= 15 is 0 Å². The number of aliphatic hydroxyl groups excluding tert-OH is 1. The minimum absolute atomic E-state index is 0.0959. The van der Waals surface area contributed by atoms with Crippen molar-refractivity contribution in [1.29, 1.82) is 0 Å². The largest absolute Gasteiger partial charge is 0.480 e. The van der Waals surface area contributed by atoms with E-state index in [4.69, 9.17) is 10.2 Å². The quantitative estimate of drug-likeness (QED) is 0.622. The normalized spacial score (nSPS) is 12.0. The third-order valence-electron chi connectivity index (χ3n) is 3.02. The maximum Gasteiger partial charge on any atom is 0.326 e. The average Bonchev–Trinajstić information content (AvgIpc) is 2.45. The van der Waals surface area contributed by atoms with Crippen molar-refractivity contribution >= 4 is 22.8 Å². The van der Waals surface area contributed by atoms with E-state index in [1.54, 1.807) is 24.3 Å². The van der Waals surface area contributed by atoms with Crippen LogP contribution in [0.3, 0.4) is 0 Å². The Morgan fingerprint density at radius 1 is 1.29 bits per heavy atom. The zero-order chi connectivity index (χ0) is 15.4. The number of carbonyl (C=O) groups excluding carboxylic acids is 1. The summed E-state index contributed by atoms with van der Waals surface area (Å²) < 4.78 is 0. The molecule has 21 heavy (non-hydrogen) atoms. The van der Waals surface area contributed by atoms with E-state index in [2.05, 4.69) is 10.3 Å². The number of aromatic nitrogens is 1. The predicted octanol–water partition coefficient (Wildman–Crippen LogP) is 0.0935. The number of pyridine rings is 1.